The number of halogens is 2. The number of carbonyl (C=O) groups excluding carboxylic acids is 1. The van der Waals surface area contributed by atoms with Gasteiger partial charge in [-0.3, -0.25) is 4.79 Å². The summed E-state index contributed by atoms with van der Waals surface area (Å²) < 4.78 is 16.2. The topological polar surface area (TPSA) is 65.7 Å². The fourth-order valence-corrected chi connectivity index (χ4v) is 3.52. The molecule has 3 aromatic rings. The number of benzene rings is 2. The Bertz CT molecular complexity index is 1080. The van der Waals surface area contributed by atoms with E-state index in [0.29, 0.717) is 50.9 Å². The van der Waals surface area contributed by atoms with E-state index in [9.17, 15) is 9.59 Å². The van der Waals surface area contributed by atoms with Gasteiger partial charge in [-0.2, -0.15) is 0 Å². The molecule has 0 spiro atoms. The number of rotatable bonds is 3. The summed E-state index contributed by atoms with van der Waals surface area (Å²) in [5.41, 5.74) is 0.933. The largest absolute Gasteiger partial charge is 0.463 e. The van der Waals surface area contributed by atoms with Crippen LogP contribution in [0, 0.1) is 0 Å². The van der Waals surface area contributed by atoms with Crippen LogP contribution >= 0.6 is 23.2 Å². The van der Waals surface area contributed by atoms with Gasteiger partial charge in [-0.05, 0) is 37.1 Å². The van der Waals surface area contributed by atoms with Gasteiger partial charge >= 0.3 is 5.97 Å². The molecule has 1 saturated heterocycles. The lowest BCUT2D eigenvalue weighted by atomic mass is 10.1. The van der Waals surface area contributed by atoms with E-state index in [4.69, 9.17) is 37.1 Å². The normalized spacial score (nSPS) is 16.6. The summed E-state index contributed by atoms with van der Waals surface area (Å²) in [6.07, 6.45) is 2.28. The summed E-state index contributed by atoms with van der Waals surface area (Å²) in [6, 6.07) is 9.51. The molecule has 0 radical (unpaired) electrons. The molecule has 0 bridgehead atoms. The Kier molecular flexibility index (Phi) is 4.91. The summed E-state index contributed by atoms with van der Waals surface area (Å²) in [5, 5.41) is 1.19. The molecule has 1 fully saturated rings. The van der Waals surface area contributed by atoms with Gasteiger partial charge in [0.25, 0.3) is 0 Å². The molecule has 1 aliphatic rings. The maximum absolute atomic E-state index is 12.8. The molecule has 1 aliphatic heterocycles. The van der Waals surface area contributed by atoms with Gasteiger partial charge in [0.15, 0.2) is 6.10 Å². The molecule has 1 aromatic heterocycles. The number of ether oxygens (including phenoxy) is 2. The van der Waals surface area contributed by atoms with E-state index in [2.05, 4.69) is 0 Å². The molecule has 27 heavy (non-hydrogen) atoms. The second kappa shape index (κ2) is 7.35. The first-order chi connectivity index (χ1) is 13.0. The van der Waals surface area contributed by atoms with E-state index in [1.165, 1.54) is 12.3 Å². The molecular formula is C20H14Cl2O5. The zero-order valence-corrected chi connectivity index (χ0v) is 15.5. The molecule has 1 unspecified atom stereocenters. The van der Waals surface area contributed by atoms with E-state index in [1.807, 2.05) is 0 Å². The zero-order chi connectivity index (χ0) is 19.0. The van der Waals surface area contributed by atoms with Crippen LogP contribution in [0.15, 0.2) is 51.9 Å². The van der Waals surface area contributed by atoms with Crippen molar-refractivity contribution in [3.63, 3.8) is 0 Å². The zero-order valence-electron chi connectivity index (χ0n) is 14.0. The van der Waals surface area contributed by atoms with Crippen molar-refractivity contribution in [2.45, 2.75) is 18.9 Å². The molecule has 138 valence electrons. The van der Waals surface area contributed by atoms with Crippen molar-refractivity contribution >= 4 is 40.1 Å². The average molecular weight is 405 g/mol. The van der Waals surface area contributed by atoms with Gasteiger partial charge in [-0.25, -0.2) is 4.79 Å². The van der Waals surface area contributed by atoms with E-state index in [0.717, 1.165) is 6.42 Å². The van der Waals surface area contributed by atoms with Gasteiger partial charge in [-0.1, -0.05) is 29.3 Å². The summed E-state index contributed by atoms with van der Waals surface area (Å²) in [4.78, 5) is 24.9. The van der Waals surface area contributed by atoms with Gasteiger partial charge < -0.3 is 13.9 Å². The Labute approximate surface area is 164 Å². The predicted molar refractivity (Wildman–Crippen MR) is 103 cm³/mol. The van der Waals surface area contributed by atoms with Crippen LogP contribution in [0.2, 0.25) is 10.0 Å². The molecule has 0 amide bonds. The first kappa shape index (κ1) is 18.0. The molecule has 4 rings (SSSR count). The first-order valence-electron chi connectivity index (χ1n) is 8.37. The molecule has 7 heteroatoms. The molecule has 0 N–H and O–H groups in total. The highest BCUT2D eigenvalue weighted by atomic mass is 35.5. The number of esters is 1. The molecule has 1 atom stereocenters. The molecular weight excluding hydrogens is 391 g/mol. The van der Waals surface area contributed by atoms with Crippen molar-refractivity contribution in [3.8, 4) is 16.9 Å². The maximum atomic E-state index is 12.8. The standard InChI is InChI=1S/C20H14Cl2O5/c21-11-3-5-13(16(22)8-11)15-10-26-18-9-12(4-6-14(18)19(15)23)27-20(24)17-2-1-7-25-17/h3-6,8-10,17H,1-2,7H2. The van der Waals surface area contributed by atoms with Crippen molar-refractivity contribution in [3.05, 3.63) is 62.9 Å². The van der Waals surface area contributed by atoms with E-state index in [1.54, 1.807) is 30.3 Å². The van der Waals surface area contributed by atoms with Crippen LogP contribution in [0.4, 0.5) is 0 Å². The summed E-state index contributed by atoms with van der Waals surface area (Å²) in [6.45, 7) is 0.558. The van der Waals surface area contributed by atoms with Crippen LogP contribution in [0.1, 0.15) is 12.8 Å². The Balaban J connectivity index is 1.68. The smallest absolute Gasteiger partial charge is 0.340 e. The number of hydrogen-bond acceptors (Lipinski definition) is 5. The SMILES string of the molecule is O=C(Oc1ccc2c(=O)c(-c3ccc(Cl)cc3Cl)coc2c1)C1CCCO1. The second-order valence-electron chi connectivity index (χ2n) is 6.18. The molecule has 0 aliphatic carbocycles. The van der Waals surface area contributed by atoms with Crippen LogP contribution in [0.3, 0.4) is 0 Å². The van der Waals surface area contributed by atoms with Gasteiger partial charge in [0, 0.05) is 23.3 Å². The quantitative estimate of drug-likeness (QED) is 0.460. The fourth-order valence-electron chi connectivity index (χ4n) is 3.01. The average Bonchev–Trinajstić information content (AvgIpc) is 3.18. The Morgan fingerprint density at radius 3 is 2.70 bits per heavy atom. The summed E-state index contributed by atoms with van der Waals surface area (Å²) >= 11 is 12.1. The van der Waals surface area contributed by atoms with Crippen LogP contribution in [0.5, 0.6) is 5.75 Å². The lowest BCUT2D eigenvalue weighted by Crippen LogP contribution is -2.24. The minimum atomic E-state index is -0.540. The Morgan fingerprint density at radius 2 is 1.96 bits per heavy atom. The molecule has 5 nitrogen and oxygen atoms in total. The monoisotopic (exact) mass is 404 g/mol. The summed E-state index contributed by atoms with van der Waals surface area (Å²) in [5.74, 6) is -0.151. The van der Waals surface area contributed by atoms with Crippen molar-refractivity contribution in [1.82, 2.24) is 0 Å². The minimum absolute atomic E-state index is 0.238. The van der Waals surface area contributed by atoms with Gasteiger partial charge in [0.1, 0.15) is 17.6 Å². The third-order valence-electron chi connectivity index (χ3n) is 4.38. The minimum Gasteiger partial charge on any atom is -0.463 e. The van der Waals surface area contributed by atoms with Crippen molar-refractivity contribution < 1.29 is 18.7 Å². The second-order valence-corrected chi connectivity index (χ2v) is 7.03. The van der Waals surface area contributed by atoms with Crippen molar-refractivity contribution in [2.75, 3.05) is 6.61 Å². The number of fused-ring (bicyclic) bond motifs is 1. The highest BCUT2D eigenvalue weighted by Crippen LogP contribution is 2.30. The van der Waals surface area contributed by atoms with Crippen LogP contribution in [0.25, 0.3) is 22.1 Å². The van der Waals surface area contributed by atoms with E-state index in [-0.39, 0.29) is 5.43 Å². The van der Waals surface area contributed by atoms with Crippen LogP contribution in [-0.2, 0) is 9.53 Å². The highest BCUT2D eigenvalue weighted by Gasteiger charge is 2.25. The fraction of sp³-hybridized carbons (Fsp3) is 0.200. The van der Waals surface area contributed by atoms with Crippen molar-refractivity contribution in [1.29, 1.82) is 0 Å². The highest BCUT2D eigenvalue weighted by molar-refractivity contribution is 6.36. The molecule has 2 aromatic carbocycles. The lowest BCUT2D eigenvalue weighted by Gasteiger charge is -2.10. The Hall–Kier alpha value is -2.34. The predicted octanol–water partition coefficient (Wildman–Crippen LogP) is 4.85. The van der Waals surface area contributed by atoms with E-state index >= 15 is 0 Å². The third kappa shape index (κ3) is 3.58. The maximum Gasteiger partial charge on any atom is 0.340 e. The van der Waals surface area contributed by atoms with Gasteiger partial charge in [0.2, 0.25) is 5.43 Å². The first-order valence-corrected chi connectivity index (χ1v) is 9.13. The van der Waals surface area contributed by atoms with Gasteiger partial charge in [-0.15, -0.1) is 0 Å². The van der Waals surface area contributed by atoms with Crippen molar-refractivity contribution in [2.24, 2.45) is 0 Å². The summed E-state index contributed by atoms with van der Waals surface area (Å²) in [7, 11) is 0. The molecule has 0 saturated carbocycles. The van der Waals surface area contributed by atoms with E-state index < -0.39 is 12.1 Å². The van der Waals surface area contributed by atoms with Crippen LogP contribution < -0.4 is 10.2 Å². The number of hydrogen-bond donors (Lipinski definition) is 0. The lowest BCUT2D eigenvalue weighted by molar-refractivity contribution is -0.144. The number of carbonyl (C=O) groups is 1. The third-order valence-corrected chi connectivity index (χ3v) is 4.93. The van der Waals surface area contributed by atoms with Gasteiger partial charge in [0.05, 0.1) is 16.0 Å². The molecule has 2 heterocycles. The van der Waals surface area contributed by atoms with Crippen LogP contribution in [-0.4, -0.2) is 18.7 Å². The Morgan fingerprint density at radius 1 is 1.11 bits per heavy atom.